The summed E-state index contributed by atoms with van der Waals surface area (Å²) >= 11 is 0. The van der Waals surface area contributed by atoms with Gasteiger partial charge >= 0.3 is 0 Å². The smallest absolute Gasteiger partial charge is 0.120 e. The van der Waals surface area contributed by atoms with Crippen LogP contribution in [0.5, 0.6) is 0 Å². The highest BCUT2D eigenvalue weighted by Gasteiger charge is 2.29. The maximum Gasteiger partial charge on any atom is 0.120 e. The van der Waals surface area contributed by atoms with Gasteiger partial charge in [0.2, 0.25) is 0 Å². The molecule has 16 heavy (non-hydrogen) atoms. The van der Waals surface area contributed by atoms with E-state index in [-0.39, 0.29) is 5.72 Å². The Balaban J connectivity index is 2.00. The number of ether oxygens (including phenoxy) is 1. The number of nitrogens with one attached hydrogen (secondary N) is 1. The topological polar surface area (TPSA) is 21.3 Å². The molecule has 0 aromatic heterocycles. The molecule has 2 heteroatoms. The van der Waals surface area contributed by atoms with Gasteiger partial charge in [-0.1, -0.05) is 36.8 Å². The molecule has 1 N–H and O–H groups in total. The first kappa shape index (κ1) is 11.6. The van der Waals surface area contributed by atoms with Gasteiger partial charge in [0, 0.05) is 13.0 Å². The maximum atomic E-state index is 5.90. The summed E-state index contributed by atoms with van der Waals surface area (Å²) in [5.74, 6) is 0.617. The van der Waals surface area contributed by atoms with E-state index in [0.29, 0.717) is 5.92 Å². The van der Waals surface area contributed by atoms with Gasteiger partial charge in [0.25, 0.3) is 0 Å². The number of rotatable bonds is 2. The molecule has 88 valence electrons. The minimum absolute atomic E-state index is 0.193. The van der Waals surface area contributed by atoms with E-state index in [2.05, 4.69) is 50.4 Å². The second kappa shape index (κ2) is 4.56. The van der Waals surface area contributed by atoms with E-state index in [9.17, 15) is 0 Å². The van der Waals surface area contributed by atoms with Gasteiger partial charge in [-0.2, -0.15) is 0 Å². The molecule has 1 aromatic rings. The summed E-state index contributed by atoms with van der Waals surface area (Å²) in [4.78, 5) is 0. The van der Waals surface area contributed by atoms with Gasteiger partial charge < -0.3 is 4.74 Å². The predicted octanol–water partition coefficient (Wildman–Crippen LogP) is 2.51. The van der Waals surface area contributed by atoms with Crippen LogP contribution in [0.1, 0.15) is 25.0 Å². The lowest BCUT2D eigenvalue weighted by molar-refractivity contribution is -0.0997. The van der Waals surface area contributed by atoms with E-state index >= 15 is 0 Å². The van der Waals surface area contributed by atoms with Crippen molar-refractivity contribution < 1.29 is 4.74 Å². The third kappa shape index (κ3) is 2.83. The molecular formula is C14H21NO. The van der Waals surface area contributed by atoms with Crippen LogP contribution >= 0.6 is 0 Å². The molecule has 1 aliphatic heterocycles. The summed E-state index contributed by atoms with van der Waals surface area (Å²) in [6.07, 6.45) is 0.931. The molecule has 2 unspecified atom stereocenters. The lowest BCUT2D eigenvalue weighted by Gasteiger charge is -2.38. The number of hydrogen-bond donors (Lipinski definition) is 1. The lowest BCUT2D eigenvalue weighted by atomic mass is 10.00. The average molecular weight is 219 g/mol. The van der Waals surface area contributed by atoms with Crippen LogP contribution in [0.4, 0.5) is 0 Å². The molecule has 2 atom stereocenters. The number of benzene rings is 1. The molecule has 0 spiro atoms. The molecular weight excluding hydrogens is 198 g/mol. The summed E-state index contributed by atoms with van der Waals surface area (Å²) in [6, 6.07) is 8.68. The van der Waals surface area contributed by atoms with E-state index in [1.54, 1.807) is 0 Å². The molecule has 1 aliphatic rings. The molecule has 1 saturated heterocycles. The number of aryl methyl sites for hydroxylation is 1. The zero-order valence-corrected chi connectivity index (χ0v) is 10.4. The van der Waals surface area contributed by atoms with Gasteiger partial charge in [-0.05, 0) is 25.3 Å². The molecule has 0 amide bonds. The molecule has 0 saturated carbocycles. The van der Waals surface area contributed by atoms with Crippen molar-refractivity contribution >= 4 is 0 Å². The van der Waals surface area contributed by atoms with Gasteiger partial charge in [-0.15, -0.1) is 0 Å². The van der Waals surface area contributed by atoms with Gasteiger partial charge in [0.05, 0.1) is 6.61 Å². The molecule has 2 nitrogen and oxygen atoms in total. The van der Waals surface area contributed by atoms with Crippen molar-refractivity contribution in [3.8, 4) is 0 Å². The van der Waals surface area contributed by atoms with E-state index in [1.165, 1.54) is 11.1 Å². The lowest BCUT2D eigenvalue weighted by Crippen LogP contribution is -2.53. The Hall–Kier alpha value is -0.860. The van der Waals surface area contributed by atoms with Gasteiger partial charge in [-0.25, -0.2) is 0 Å². The van der Waals surface area contributed by atoms with Crippen LogP contribution in [0.15, 0.2) is 24.3 Å². The zero-order valence-electron chi connectivity index (χ0n) is 10.4. The van der Waals surface area contributed by atoms with Gasteiger partial charge in [0.15, 0.2) is 0 Å². The van der Waals surface area contributed by atoms with Crippen LogP contribution in [-0.4, -0.2) is 18.9 Å². The minimum Gasteiger partial charge on any atom is -0.360 e. The Bertz CT molecular complexity index is 336. The molecule has 1 fully saturated rings. The minimum atomic E-state index is -0.193. The van der Waals surface area contributed by atoms with Crippen LogP contribution in [0, 0.1) is 12.8 Å². The van der Waals surface area contributed by atoms with Crippen LogP contribution < -0.4 is 5.32 Å². The molecule has 1 heterocycles. The zero-order chi connectivity index (χ0) is 11.6. The number of hydrogen-bond acceptors (Lipinski definition) is 2. The Morgan fingerprint density at radius 3 is 2.62 bits per heavy atom. The monoisotopic (exact) mass is 219 g/mol. The third-order valence-electron chi connectivity index (χ3n) is 3.17. The molecule has 0 aliphatic carbocycles. The maximum absolute atomic E-state index is 5.90. The van der Waals surface area contributed by atoms with Crippen LogP contribution in [0.25, 0.3) is 0 Å². The van der Waals surface area contributed by atoms with Gasteiger partial charge in [-0.3, -0.25) is 5.32 Å². The highest BCUT2D eigenvalue weighted by Crippen LogP contribution is 2.20. The quantitative estimate of drug-likeness (QED) is 0.825. The molecule has 1 aromatic carbocycles. The van der Waals surface area contributed by atoms with Crippen molar-refractivity contribution in [2.45, 2.75) is 32.9 Å². The summed E-state index contributed by atoms with van der Waals surface area (Å²) < 4.78 is 5.90. The van der Waals surface area contributed by atoms with Gasteiger partial charge in [0.1, 0.15) is 5.72 Å². The fourth-order valence-electron chi connectivity index (χ4n) is 2.04. The summed E-state index contributed by atoms with van der Waals surface area (Å²) in [5, 5.41) is 3.49. The van der Waals surface area contributed by atoms with Crippen LogP contribution in [0.2, 0.25) is 0 Å². The Kier molecular flexibility index (Phi) is 3.31. The predicted molar refractivity (Wildman–Crippen MR) is 66.4 cm³/mol. The Morgan fingerprint density at radius 1 is 1.38 bits per heavy atom. The average Bonchev–Trinajstić information content (AvgIpc) is 2.27. The normalized spacial score (nSPS) is 30.3. The first-order chi connectivity index (χ1) is 7.57. The summed E-state index contributed by atoms with van der Waals surface area (Å²) in [6.45, 7) is 8.36. The van der Waals surface area contributed by atoms with Crippen molar-refractivity contribution in [1.29, 1.82) is 0 Å². The molecule has 2 rings (SSSR count). The SMILES string of the molecule is Cc1ccc(CC2(C)NCC(C)CO2)cc1. The summed E-state index contributed by atoms with van der Waals surface area (Å²) in [5.41, 5.74) is 2.44. The fraction of sp³-hybridized carbons (Fsp3) is 0.571. The van der Waals surface area contributed by atoms with E-state index in [4.69, 9.17) is 4.74 Å². The first-order valence-electron chi connectivity index (χ1n) is 6.02. The first-order valence-corrected chi connectivity index (χ1v) is 6.02. The standard InChI is InChI=1S/C14H21NO/c1-11-4-6-13(7-5-11)8-14(3)15-9-12(2)10-16-14/h4-7,12,15H,8-10H2,1-3H3. The van der Waals surface area contributed by atoms with Crippen molar-refractivity contribution in [1.82, 2.24) is 5.32 Å². The molecule has 0 radical (unpaired) electrons. The Labute approximate surface area is 98.0 Å². The van der Waals surface area contributed by atoms with Crippen molar-refractivity contribution in [3.63, 3.8) is 0 Å². The van der Waals surface area contributed by atoms with Crippen molar-refractivity contribution in [2.24, 2.45) is 5.92 Å². The fourth-order valence-corrected chi connectivity index (χ4v) is 2.04. The third-order valence-corrected chi connectivity index (χ3v) is 3.17. The Morgan fingerprint density at radius 2 is 2.06 bits per heavy atom. The van der Waals surface area contributed by atoms with Crippen LogP contribution in [-0.2, 0) is 11.2 Å². The van der Waals surface area contributed by atoms with Crippen molar-refractivity contribution in [3.05, 3.63) is 35.4 Å². The highest BCUT2D eigenvalue weighted by atomic mass is 16.5. The van der Waals surface area contributed by atoms with Crippen molar-refractivity contribution in [2.75, 3.05) is 13.2 Å². The largest absolute Gasteiger partial charge is 0.360 e. The van der Waals surface area contributed by atoms with E-state index in [1.807, 2.05) is 0 Å². The van der Waals surface area contributed by atoms with E-state index < -0.39 is 0 Å². The van der Waals surface area contributed by atoms with E-state index in [0.717, 1.165) is 19.6 Å². The summed E-state index contributed by atoms with van der Waals surface area (Å²) in [7, 11) is 0. The second-order valence-corrected chi connectivity index (χ2v) is 5.19. The van der Waals surface area contributed by atoms with Crippen LogP contribution in [0.3, 0.4) is 0 Å². The highest BCUT2D eigenvalue weighted by molar-refractivity contribution is 5.22. The second-order valence-electron chi connectivity index (χ2n) is 5.19. The molecule has 0 bridgehead atoms.